The monoisotopic (exact) mass is 273 g/mol. The Labute approximate surface area is 109 Å². The zero-order chi connectivity index (χ0) is 13.9. The van der Waals surface area contributed by atoms with Gasteiger partial charge in [-0.25, -0.2) is 0 Å². The van der Waals surface area contributed by atoms with Crippen molar-refractivity contribution in [1.82, 2.24) is 0 Å². The number of halogens is 3. The molecule has 1 unspecified atom stereocenters. The molecule has 0 radical (unpaired) electrons. The van der Waals surface area contributed by atoms with E-state index in [4.69, 9.17) is 4.74 Å². The van der Waals surface area contributed by atoms with E-state index in [0.717, 1.165) is 0 Å². The van der Waals surface area contributed by atoms with Gasteiger partial charge in [0.2, 0.25) is 5.91 Å². The molecule has 104 valence electrons. The third-order valence-electron chi connectivity index (χ3n) is 2.93. The summed E-state index contributed by atoms with van der Waals surface area (Å²) in [5, 5.41) is 0. The van der Waals surface area contributed by atoms with Gasteiger partial charge in [0.25, 0.3) is 0 Å². The number of carbonyl (C=O) groups is 1. The Kier molecular flexibility index (Phi) is 4.09. The number of para-hydroxylation sites is 1. The largest absolute Gasteiger partial charge is 0.397 e. The lowest BCUT2D eigenvalue weighted by atomic mass is 10.1. The van der Waals surface area contributed by atoms with Gasteiger partial charge in [-0.15, -0.1) is 0 Å². The molecule has 0 saturated carbocycles. The minimum atomic E-state index is -4.50. The number of anilines is 1. The van der Waals surface area contributed by atoms with Gasteiger partial charge in [-0.05, 0) is 18.6 Å². The third kappa shape index (κ3) is 3.70. The van der Waals surface area contributed by atoms with E-state index in [9.17, 15) is 18.0 Å². The number of carbonyl (C=O) groups excluding carboxylic acids is 1. The van der Waals surface area contributed by atoms with Crippen LogP contribution in [0.15, 0.2) is 30.3 Å². The van der Waals surface area contributed by atoms with E-state index in [1.165, 1.54) is 4.90 Å². The highest BCUT2D eigenvalue weighted by Crippen LogP contribution is 2.27. The maximum Gasteiger partial charge on any atom is 0.397 e. The van der Waals surface area contributed by atoms with E-state index in [-0.39, 0.29) is 12.6 Å². The fourth-order valence-electron chi connectivity index (χ4n) is 2.13. The highest BCUT2D eigenvalue weighted by Gasteiger charge is 2.37. The van der Waals surface area contributed by atoms with Crippen molar-refractivity contribution in [2.45, 2.75) is 25.1 Å². The van der Waals surface area contributed by atoms with Crippen LogP contribution in [0.3, 0.4) is 0 Å². The third-order valence-corrected chi connectivity index (χ3v) is 2.93. The second-order valence-corrected chi connectivity index (χ2v) is 4.41. The van der Waals surface area contributed by atoms with E-state index in [2.05, 4.69) is 0 Å². The van der Waals surface area contributed by atoms with Crippen LogP contribution in [-0.2, 0) is 9.53 Å². The van der Waals surface area contributed by atoms with Gasteiger partial charge in [-0.2, -0.15) is 13.2 Å². The van der Waals surface area contributed by atoms with Crippen LogP contribution >= 0.6 is 0 Å². The molecule has 1 aliphatic heterocycles. The van der Waals surface area contributed by atoms with Crippen molar-refractivity contribution in [3.8, 4) is 0 Å². The predicted molar refractivity (Wildman–Crippen MR) is 63.8 cm³/mol. The van der Waals surface area contributed by atoms with Gasteiger partial charge in [0.05, 0.1) is 12.6 Å². The topological polar surface area (TPSA) is 29.5 Å². The van der Waals surface area contributed by atoms with E-state index in [0.29, 0.717) is 18.7 Å². The maximum atomic E-state index is 12.4. The molecule has 2 rings (SSSR count). The first-order valence-corrected chi connectivity index (χ1v) is 5.99. The zero-order valence-electron chi connectivity index (χ0n) is 10.2. The first-order chi connectivity index (χ1) is 8.97. The lowest BCUT2D eigenvalue weighted by molar-refractivity contribution is -0.152. The number of amides is 1. The van der Waals surface area contributed by atoms with Gasteiger partial charge in [0.15, 0.2) is 0 Å². The first-order valence-electron chi connectivity index (χ1n) is 5.99. The molecule has 1 aliphatic rings. The average molecular weight is 273 g/mol. The highest BCUT2D eigenvalue weighted by atomic mass is 19.4. The summed E-state index contributed by atoms with van der Waals surface area (Å²) < 4.78 is 42.3. The summed E-state index contributed by atoms with van der Waals surface area (Å²) in [7, 11) is 0. The summed E-state index contributed by atoms with van der Waals surface area (Å²) >= 11 is 0. The Balaban J connectivity index is 2.22. The quantitative estimate of drug-likeness (QED) is 0.847. The van der Waals surface area contributed by atoms with Crippen LogP contribution in [0.25, 0.3) is 0 Å². The summed E-state index contributed by atoms with van der Waals surface area (Å²) in [6, 6.07) is 8.08. The molecule has 0 N–H and O–H groups in total. The summed E-state index contributed by atoms with van der Waals surface area (Å²) in [4.78, 5) is 13.1. The van der Waals surface area contributed by atoms with Gasteiger partial charge < -0.3 is 9.64 Å². The molecule has 1 saturated heterocycles. The lowest BCUT2D eigenvalue weighted by Crippen LogP contribution is -2.42. The molecular weight excluding hydrogens is 259 g/mol. The van der Waals surface area contributed by atoms with Crippen LogP contribution in [-0.4, -0.2) is 31.3 Å². The minimum Gasteiger partial charge on any atom is -0.379 e. The van der Waals surface area contributed by atoms with Gasteiger partial charge >= 0.3 is 6.18 Å². The number of hydrogen-bond donors (Lipinski definition) is 0. The molecule has 1 aromatic rings. The number of rotatable bonds is 3. The number of benzene rings is 1. The highest BCUT2D eigenvalue weighted by molar-refractivity contribution is 5.94. The Morgan fingerprint density at radius 3 is 2.53 bits per heavy atom. The van der Waals surface area contributed by atoms with Crippen LogP contribution in [0, 0.1) is 0 Å². The Morgan fingerprint density at radius 1 is 1.32 bits per heavy atom. The van der Waals surface area contributed by atoms with Crippen molar-refractivity contribution in [3.05, 3.63) is 30.3 Å². The first kappa shape index (κ1) is 13.9. The fraction of sp³-hybridized carbons (Fsp3) is 0.462. The lowest BCUT2D eigenvalue weighted by Gasteiger charge is -2.28. The molecule has 0 bridgehead atoms. The predicted octanol–water partition coefficient (Wildman–Crippen LogP) is 2.76. The molecule has 0 aliphatic carbocycles. The van der Waals surface area contributed by atoms with Crippen molar-refractivity contribution in [2.24, 2.45) is 0 Å². The fourth-order valence-corrected chi connectivity index (χ4v) is 2.13. The summed E-state index contributed by atoms with van der Waals surface area (Å²) in [5.74, 6) is -0.936. The number of hydrogen-bond acceptors (Lipinski definition) is 2. The molecule has 3 nitrogen and oxygen atoms in total. The SMILES string of the molecule is O=C(CC(F)(F)F)N(c1ccccc1)C1CCOC1. The van der Waals surface area contributed by atoms with Crippen LogP contribution in [0.1, 0.15) is 12.8 Å². The van der Waals surface area contributed by atoms with Crippen molar-refractivity contribution >= 4 is 11.6 Å². The number of nitrogens with zero attached hydrogens (tertiary/aromatic N) is 1. The van der Waals surface area contributed by atoms with E-state index in [1.54, 1.807) is 30.3 Å². The zero-order valence-corrected chi connectivity index (χ0v) is 10.2. The molecule has 1 atom stereocenters. The molecule has 0 spiro atoms. The van der Waals surface area contributed by atoms with Crippen LogP contribution in [0.2, 0.25) is 0 Å². The molecule has 1 heterocycles. The van der Waals surface area contributed by atoms with Crippen LogP contribution in [0.4, 0.5) is 18.9 Å². The van der Waals surface area contributed by atoms with Gasteiger partial charge in [0, 0.05) is 12.3 Å². The second-order valence-electron chi connectivity index (χ2n) is 4.41. The Bertz CT molecular complexity index is 427. The smallest absolute Gasteiger partial charge is 0.379 e. The molecule has 19 heavy (non-hydrogen) atoms. The molecule has 1 fully saturated rings. The minimum absolute atomic E-state index is 0.276. The normalized spacial score (nSPS) is 19.4. The summed E-state index contributed by atoms with van der Waals surface area (Å²) in [5.41, 5.74) is 0.479. The molecule has 6 heteroatoms. The summed E-state index contributed by atoms with van der Waals surface area (Å²) in [6.07, 6.45) is -5.39. The van der Waals surface area contributed by atoms with Crippen molar-refractivity contribution in [2.75, 3.05) is 18.1 Å². The maximum absolute atomic E-state index is 12.4. The number of alkyl halides is 3. The Hall–Kier alpha value is -1.56. The van der Waals surface area contributed by atoms with Crippen molar-refractivity contribution < 1.29 is 22.7 Å². The van der Waals surface area contributed by atoms with Crippen LogP contribution in [0.5, 0.6) is 0 Å². The Morgan fingerprint density at radius 2 is 2.00 bits per heavy atom. The average Bonchev–Trinajstić information content (AvgIpc) is 2.82. The van der Waals surface area contributed by atoms with Crippen molar-refractivity contribution in [1.29, 1.82) is 0 Å². The number of ether oxygens (including phenoxy) is 1. The van der Waals surface area contributed by atoms with E-state index in [1.807, 2.05) is 0 Å². The molecule has 1 aromatic carbocycles. The van der Waals surface area contributed by atoms with Crippen LogP contribution < -0.4 is 4.90 Å². The molecule has 0 aromatic heterocycles. The van der Waals surface area contributed by atoms with Gasteiger partial charge in [-0.3, -0.25) is 4.79 Å². The second kappa shape index (κ2) is 5.61. The van der Waals surface area contributed by atoms with Crippen molar-refractivity contribution in [3.63, 3.8) is 0 Å². The van der Waals surface area contributed by atoms with Gasteiger partial charge in [-0.1, -0.05) is 18.2 Å². The van der Waals surface area contributed by atoms with Gasteiger partial charge in [0.1, 0.15) is 6.42 Å². The standard InChI is InChI=1S/C13H14F3NO2/c14-13(15,16)8-12(18)17(11-6-7-19-9-11)10-4-2-1-3-5-10/h1-5,11H,6-9H2. The molecule has 1 amide bonds. The van der Waals surface area contributed by atoms with E-state index >= 15 is 0 Å². The molecular formula is C13H14F3NO2. The summed E-state index contributed by atoms with van der Waals surface area (Å²) in [6.45, 7) is 0.742. The van der Waals surface area contributed by atoms with E-state index < -0.39 is 18.5 Å².